The van der Waals surface area contributed by atoms with Crippen LogP contribution in [-0.2, 0) is 5.41 Å². The highest BCUT2D eigenvalue weighted by Gasteiger charge is 2.37. The number of hydrogen-bond donors (Lipinski definition) is 0. The molecule has 2 aliphatic carbocycles. The number of ether oxygens (including phenoxy) is 1. The summed E-state index contributed by atoms with van der Waals surface area (Å²) in [6.07, 6.45) is 8.56. The first-order valence-corrected chi connectivity index (χ1v) is 21.2. The first-order chi connectivity index (χ1) is 30.0. The summed E-state index contributed by atoms with van der Waals surface area (Å²) in [5.41, 5.74) is 17.1. The lowest BCUT2D eigenvalue weighted by Crippen LogP contribution is -2.16. The number of benzene rings is 8. The van der Waals surface area contributed by atoms with Gasteiger partial charge >= 0.3 is 0 Å². The van der Waals surface area contributed by atoms with Crippen molar-refractivity contribution in [2.45, 2.75) is 31.3 Å². The van der Waals surface area contributed by atoms with Crippen LogP contribution in [0, 0.1) is 0 Å². The Morgan fingerprint density at radius 3 is 2.16 bits per heavy atom. The predicted octanol–water partition coefficient (Wildman–Crippen LogP) is 15.6. The molecule has 0 amide bonds. The molecular weight excluding hydrogens is 747 g/mol. The zero-order valence-electron chi connectivity index (χ0n) is 33.7. The molecule has 0 fully saturated rings. The van der Waals surface area contributed by atoms with Crippen LogP contribution in [0.2, 0.25) is 0 Å². The van der Waals surface area contributed by atoms with E-state index in [2.05, 4.69) is 195 Å². The Labute approximate surface area is 353 Å². The maximum atomic E-state index is 7.22. The molecule has 4 nitrogen and oxygen atoms in total. The fourth-order valence-electron chi connectivity index (χ4n) is 10.5. The van der Waals surface area contributed by atoms with E-state index in [1.807, 2.05) is 12.1 Å². The van der Waals surface area contributed by atoms with Crippen molar-refractivity contribution in [3.05, 3.63) is 205 Å². The van der Waals surface area contributed by atoms with E-state index in [9.17, 15) is 0 Å². The molecule has 10 aromatic rings. The Bertz CT molecular complexity index is 3510. The molecule has 1 aliphatic heterocycles. The van der Waals surface area contributed by atoms with Crippen molar-refractivity contribution in [2.24, 2.45) is 0 Å². The van der Waals surface area contributed by atoms with Gasteiger partial charge in [0.1, 0.15) is 34.2 Å². The van der Waals surface area contributed by atoms with Crippen LogP contribution >= 0.6 is 0 Å². The molecule has 13 rings (SSSR count). The number of furan rings is 2. The molecule has 2 unspecified atom stereocenters. The van der Waals surface area contributed by atoms with Gasteiger partial charge in [-0.1, -0.05) is 147 Å². The summed E-state index contributed by atoms with van der Waals surface area (Å²) in [6, 6.07) is 58.8. The van der Waals surface area contributed by atoms with E-state index in [1.54, 1.807) is 0 Å². The summed E-state index contributed by atoms with van der Waals surface area (Å²) in [5, 5.41) is 4.11. The third-order valence-corrected chi connectivity index (χ3v) is 13.4. The van der Waals surface area contributed by atoms with Crippen LogP contribution in [0.5, 0.6) is 5.75 Å². The highest BCUT2D eigenvalue weighted by molar-refractivity contribution is 6.24. The minimum Gasteiger partial charge on any atom is -0.484 e. The molecule has 0 saturated carbocycles. The van der Waals surface area contributed by atoms with Gasteiger partial charge in [0.25, 0.3) is 0 Å². The maximum Gasteiger partial charge on any atom is 0.144 e. The molecule has 0 saturated heterocycles. The molecule has 8 aromatic carbocycles. The van der Waals surface area contributed by atoms with Gasteiger partial charge in [-0.2, -0.15) is 0 Å². The van der Waals surface area contributed by atoms with Crippen molar-refractivity contribution in [2.75, 3.05) is 4.90 Å². The SMILES string of the molecule is CC1(C)c2ccccc2-c2ccc(N(c3ccc4c(c3)oc3c(-c5cccc6c5OC5C=CC=CC65)c5c(cc34)oc3ccccc35)c3ccccc3-c3ccccc3)cc21. The fraction of sp³-hybridized carbons (Fsp3) is 0.0877. The van der Waals surface area contributed by atoms with E-state index >= 15 is 0 Å². The van der Waals surface area contributed by atoms with Crippen molar-refractivity contribution >= 4 is 60.9 Å². The summed E-state index contributed by atoms with van der Waals surface area (Å²) in [7, 11) is 0. The van der Waals surface area contributed by atoms with E-state index in [-0.39, 0.29) is 17.4 Å². The number of hydrogen-bond acceptors (Lipinski definition) is 4. The van der Waals surface area contributed by atoms with Gasteiger partial charge in [-0.3, -0.25) is 0 Å². The zero-order valence-corrected chi connectivity index (χ0v) is 33.7. The highest BCUT2D eigenvalue weighted by Crippen LogP contribution is 2.54. The largest absolute Gasteiger partial charge is 0.484 e. The Hall–Kier alpha value is -7.56. The lowest BCUT2D eigenvalue weighted by molar-refractivity contribution is 0.270. The van der Waals surface area contributed by atoms with Crippen LogP contribution in [0.4, 0.5) is 17.1 Å². The van der Waals surface area contributed by atoms with Gasteiger partial charge in [0, 0.05) is 72.6 Å². The average molecular weight is 786 g/mol. The van der Waals surface area contributed by atoms with Crippen LogP contribution in [0.25, 0.3) is 77.3 Å². The molecule has 290 valence electrons. The van der Waals surface area contributed by atoms with E-state index in [0.29, 0.717) is 0 Å². The number of para-hydroxylation sites is 3. The van der Waals surface area contributed by atoms with Crippen LogP contribution in [0.1, 0.15) is 36.5 Å². The number of nitrogens with zero attached hydrogens (tertiary/aromatic N) is 1. The highest BCUT2D eigenvalue weighted by atomic mass is 16.5. The molecule has 3 heterocycles. The molecule has 0 bridgehead atoms. The van der Waals surface area contributed by atoms with E-state index in [1.165, 1.54) is 27.8 Å². The number of allylic oxidation sites excluding steroid dienone is 2. The third-order valence-electron chi connectivity index (χ3n) is 13.4. The second-order valence-electron chi connectivity index (χ2n) is 17.1. The van der Waals surface area contributed by atoms with E-state index < -0.39 is 0 Å². The van der Waals surface area contributed by atoms with Gasteiger partial charge in [0.15, 0.2) is 0 Å². The molecule has 61 heavy (non-hydrogen) atoms. The smallest absolute Gasteiger partial charge is 0.144 e. The molecule has 0 radical (unpaired) electrons. The molecular formula is C57H39NO3. The summed E-state index contributed by atoms with van der Waals surface area (Å²) in [4.78, 5) is 2.40. The van der Waals surface area contributed by atoms with Crippen LogP contribution < -0.4 is 9.64 Å². The Morgan fingerprint density at radius 2 is 1.25 bits per heavy atom. The van der Waals surface area contributed by atoms with Gasteiger partial charge in [0.05, 0.1) is 5.69 Å². The minimum atomic E-state index is -0.154. The summed E-state index contributed by atoms with van der Waals surface area (Å²) in [5.74, 6) is 1.07. The second kappa shape index (κ2) is 12.7. The normalized spacial score (nSPS) is 16.8. The van der Waals surface area contributed by atoms with Crippen molar-refractivity contribution in [3.63, 3.8) is 0 Å². The van der Waals surface area contributed by atoms with Gasteiger partial charge in [-0.25, -0.2) is 0 Å². The first kappa shape index (κ1) is 34.3. The van der Waals surface area contributed by atoms with Crippen molar-refractivity contribution in [1.29, 1.82) is 0 Å². The van der Waals surface area contributed by atoms with Crippen LogP contribution in [0.3, 0.4) is 0 Å². The topological polar surface area (TPSA) is 38.8 Å². The zero-order chi connectivity index (χ0) is 40.4. The minimum absolute atomic E-state index is 0.0427. The third kappa shape index (κ3) is 4.93. The fourth-order valence-corrected chi connectivity index (χ4v) is 10.5. The van der Waals surface area contributed by atoms with E-state index in [0.717, 1.165) is 88.9 Å². The lowest BCUT2D eigenvalue weighted by atomic mass is 9.82. The summed E-state index contributed by atoms with van der Waals surface area (Å²) in [6.45, 7) is 4.69. The van der Waals surface area contributed by atoms with Gasteiger partial charge in [-0.05, 0) is 76.4 Å². The Balaban J connectivity index is 1.06. The molecule has 0 N–H and O–H groups in total. The quantitative estimate of drug-likeness (QED) is 0.174. The number of rotatable bonds is 5. The van der Waals surface area contributed by atoms with Crippen molar-refractivity contribution < 1.29 is 13.6 Å². The summed E-state index contributed by atoms with van der Waals surface area (Å²) >= 11 is 0. The number of anilines is 3. The lowest BCUT2D eigenvalue weighted by Gasteiger charge is -2.29. The molecule has 2 atom stereocenters. The van der Waals surface area contributed by atoms with Gasteiger partial charge in [0.2, 0.25) is 0 Å². The molecule has 2 aromatic heterocycles. The van der Waals surface area contributed by atoms with Crippen LogP contribution in [0.15, 0.2) is 197 Å². The van der Waals surface area contributed by atoms with Crippen LogP contribution in [-0.4, -0.2) is 6.10 Å². The molecule has 4 heteroatoms. The van der Waals surface area contributed by atoms with Gasteiger partial charge in [-0.15, -0.1) is 0 Å². The second-order valence-corrected chi connectivity index (χ2v) is 17.1. The first-order valence-electron chi connectivity index (χ1n) is 21.2. The predicted molar refractivity (Wildman–Crippen MR) is 250 cm³/mol. The van der Waals surface area contributed by atoms with Gasteiger partial charge < -0.3 is 18.5 Å². The average Bonchev–Trinajstić information content (AvgIpc) is 4.04. The van der Waals surface area contributed by atoms with Crippen molar-refractivity contribution in [3.8, 4) is 39.1 Å². The monoisotopic (exact) mass is 785 g/mol. The standard InChI is InChI=1S/C57H39NO3/c1-57(2)46-23-10-6-18-38(46)39-29-27-35(31-47(39)57)58(48-24-11-7-17-37(48)34-15-4-3-5-16-34)36-28-30-41-45-33-52-53(43-20-9-13-26-50(43)59-52)54(56(45)61-51(41)32-36)44-22-14-21-42-40-19-8-12-25-49(40)60-55(42)44/h3-33,40,49H,1-2H3. The molecule has 3 aliphatic rings. The number of fused-ring (bicyclic) bond motifs is 12. The van der Waals surface area contributed by atoms with E-state index in [4.69, 9.17) is 13.6 Å². The summed E-state index contributed by atoms with van der Waals surface area (Å²) < 4.78 is 20.7. The Kier molecular flexibility index (Phi) is 7.16. The maximum absolute atomic E-state index is 7.22. The molecule has 0 spiro atoms. The Morgan fingerprint density at radius 1 is 0.508 bits per heavy atom. The van der Waals surface area contributed by atoms with Crippen molar-refractivity contribution in [1.82, 2.24) is 0 Å².